The van der Waals surface area contributed by atoms with Crippen molar-refractivity contribution in [3.8, 4) is 5.75 Å². The third-order valence-corrected chi connectivity index (χ3v) is 3.02. The molecule has 25 heavy (non-hydrogen) atoms. The van der Waals surface area contributed by atoms with Gasteiger partial charge in [-0.3, -0.25) is 4.68 Å². The highest BCUT2D eigenvalue weighted by Crippen LogP contribution is 2.22. The van der Waals surface area contributed by atoms with E-state index in [0.29, 0.717) is 6.54 Å². The Labute approximate surface area is 160 Å². The largest absolute Gasteiger partial charge is 0.573 e. The van der Waals surface area contributed by atoms with Crippen LogP contribution in [0.1, 0.15) is 12.0 Å². The Morgan fingerprint density at radius 3 is 2.60 bits per heavy atom. The van der Waals surface area contributed by atoms with E-state index in [4.69, 9.17) is 5.73 Å². The maximum Gasteiger partial charge on any atom is 0.573 e. The van der Waals surface area contributed by atoms with Gasteiger partial charge in [-0.05, 0) is 30.2 Å². The van der Waals surface area contributed by atoms with Crippen molar-refractivity contribution in [3.63, 3.8) is 0 Å². The lowest BCUT2D eigenvalue weighted by molar-refractivity contribution is -0.274. The quantitative estimate of drug-likeness (QED) is 0.283. The molecule has 0 aliphatic carbocycles. The topological polar surface area (TPSA) is 77.5 Å². The highest BCUT2D eigenvalue weighted by atomic mass is 127. The van der Waals surface area contributed by atoms with Crippen molar-refractivity contribution in [2.75, 3.05) is 6.54 Å². The van der Waals surface area contributed by atoms with Crippen LogP contribution >= 0.6 is 24.0 Å². The molecule has 0 spiro atoms. The molecule has 0 fully saturated rings. The van der Waals surface area contributed by atoms with Crippen LogP contribution in [0, 0.1) is 0 Å². The summed E-state index contributed by atoms with van der Waals surface area (Å²) >= 11 is 0. The van der Waals surface area contributed by atoms with E-state index in [9.17, 15) is 13.2 Å². The zero-order chi connectivity index (χ0) is 17.4. The standard InChI is InChI=1S/C15H18F3N5O.HI/c16-15(17,18)24-13-5-3-12(4-6-13)11-21-14(19)20-7-1-9-23-10-2-8-22-23;/h2-6,8,10H,1,7,9,11H2,(H3,19,20,21);1H. The van der Waals surface area contributed by atoms with Gasteiger partial charge in [0.25, 0.3) is 0 Å². The van der Waals surface area contributed by atoms with E-state index in [-0.39, 0.29) is 42.2 Å². The molecule has 2 rings (SSSR count). The van der Waals surface area contributed by atoms with Crippen LogP contribution in [0.4, 0.5) is 13.2 Å². The molecular weight excluding hydrogens is 450 g/mol. The number of ether oxygens (including phenoxy) is 1. The van der Waals surface area contributed by atoms with Crippen LogP contribution in [0.2, 0.25) is 0 Å². The molecule has 0 aliphatic rings. The summed E-state index contributed by atoms with van der Waals surface area (Å²) in [6.07, 6.45) is -0.260. The number of benzene rings is 1. The van der Waals surface area contributed by atoms with Gasteiger partial charge in [0.15, 0.2) is 5.96 Å². The number of nitrogens with one attached hydrogen (secondary N) is 1. The van der Waals surface area contributed by atoms with Crippen LogP contribution in [0.3, 0.4) is 0 Å². The third-order valence-electron chi connectivity index (χ3n) is 3.02. The molecule has 0 bridgehead atoms. The van der Waals surface area contributed by atoms with E-state index in [1.54, 1.807) is 6.20 Å². The maximum atomic E-state index is 12.1. The van der Waals surface area contributed by atoms with Gasteiger partial charge in [-0.15, -0.1) is 37.1 Å². The molecule has 1 aromatic heterocycles. The summed E-state index contributed by atoms with van der Waals surface area (Å²) in [4.78, 5) is 4.13. The number of hydrogen-bond acceptors (Lipinski definition) is 3. The first kappa shape index (κ1) is 21.1. The third kappa shape index (κ3) is 8.61. The molecular formula is C15H19F3IN5O. The summed E-state index contributed by atoms with van der Waals surface area (Å²) in [6.45, 7) is 1.69. The highest BCUT2D eigenvalue weighted by Gasteiger charge is 2.30. The number of alkyl halides is 3. The molecule has 0 unspecified atom stereocenters. The van der Waals surface area contributed by atoms with Gasteiger partial charge < -0.3 is 15.8 Å². The van der Waals surface area contributed by atoms with Gasteiger partial charge in [0.1, 0.15) is 5.75 Å². The summed E-state index contributed by atoms with van der Waals surface area (Å²) in [5.41, 5.74) is 6.46. The molecule has 0 atom stereocenters. The predicted octanol–water partition coefficient (Wildman–Crippen LogP) is 2.89. The van der Waals surface area contributed by atoms with Crippen LogP contribution < -0.4 is 15.8 Å². The van der Waals surface area contributed by atoms with Gasteiger partial charge in [0, 0.05) is 25.5 Å². The van der Waals surface area contributed by atoms with E-state index in [2.05, 4.69) is 20.1 Å². The minimum atomic E-state index is -4.69. The van der Waals surface area contributed by atoms with Crippen molar-refractivity contribution in [2.24, 2.45) is 10.7 Å². The Hall–Kier alpha value is -1.98. The number of rotatable bonds is 7. The molecule has 10 heteroatoms. The lowest BCUT2D eigenvalue weighted by Crippen LogP contribution is -2.32. The molecule has 3 N–H and O–H groups in total. The van der Waals surface area contributed by atoms with Gasteiger partial charge >= 0.3 is 6.36 Å². The second-order valence-electron chi connectivity index (χ2n) is 4.94. The fourth-order valence-corrected chi connectivity index (χ4v) is 1.92. The van der Waals surface area contributed by atoms with Crippen molar-refractivity contribution in [1.29, 1.82) is 0 Å². The molecule has 1 heterocycles. The van der Waals surface area contributed by atoms with Crippen molar-refractivity contribution in [2.45, 2.75) is 25.9 Å². The maximum absolute atomic E-state index is 12.1. The number of halogens is 4. The summed E-state index contributed by atoms with van der Waals surface area (Å²) in [5, 5.41) is 7.06. The van der Waals surface area contributed by atoms with Gasteiger partial charge in [0.2, 0.25) is 0 Å². The minimum absolute atomic E-state index is 0. The van der Waals surface area contributed by atoms with Crippen LogP contribution in [0.5, 0.6) is 5.75 Å². The number of nitrogens with zero attached hydrogens (tertiary/aromatic N) is 3. The van der Waals surface area contributed by atoms with Crippen molar-refractivity contribution in [1.82, 2.24) is 15.1 Å². The second kappa shape index (κ2) is 10.1. The van der Waals surface area contributed by atoms with Crippen molar-refractivity contribution < 1.29 is 17.9 Å². The first-order valence-electron chi connectivity index (χ1n) is 7.28. The van der Waals surface area contributed by atoms with Gasteiger partial charge in [-0.1, -0.05) is 12.1 Å². The molecule has 0 amide bonds. The smallest absolute Gasteiger partial charge is 0.406 e. The normalized spacial score (nSPS) is 11.7. The number of hydrogen-bond donors (Lipinski definition) is 2. The van der Waals surface area contributed by atoms with Gasteiger partial charge in [-0.25, -0.2) is 4.99 Å². The van der Waals surface area contributed by atoms with Crippen LogP contribution in [-0.2, 0) is 13.1 Å². The minimum Gasteiger partial charge on any atom is -0.406 e. The lowest BCUT2D eigenvalue weighted by atomic mass is 10.2. The van der Waals surface area contributed by atoms with E-state index in [0.717, 1.165) is 18.5 Å². The van der Waals surface area contributed by atoms with Crippen molar-refractivity contribution in [3.05, 3.63) is 48.3 Å². The zero-order valence-electron chi connectivity index (χ0n) is 13.2. The number of aromatic nitrogens is 2. The lowest BCUT2D eigenvalue weighted by Gasteiger charge is -2.09. The van der Waals surface area contributed by atoms with Crippen LogP contribution in [-0.4, -0.2) is 28.6 Å². The van der Waals surface area contributed by atoms with E-state index < -0.39 is 6.36 Å². The first-order chi connectivity index (χ1) is 11.4. The number of aryl methyl sites for hydroxylation is 1. The molecule has 0 aliphatic heterocycles. The highest BCUT2D eigenvalue weighted by molar-refractivity contribution is 14.0. The average molecular weight is 469 g/mol. The number of guanidine groups is 1. The zero-order valence-corrected chi connectivity index (χ0v) is 15.6. The van der Waals surface area contributed by atoms with Gasteiger partial charge in [-0.2, -0.15) is 5.10 Å². The van der Waals surface area contributed by atoms with Gasteiger partial charge in [0.05, 0.1) is 6.54 Å². The van der Waals surface area contributed by atoms with Crippen LogP contribution in [0.25, 0.3) is 0 Å². The molecule has 0 radical (unpaired) electrons. The molecule has 138 valence electrons. The number of nitrogens with two attached hydrogens (primary N) is 1. The molecule has 1 aromatic carbocycles. The van der Waals surface area contributed by atoms with E-state index >= 15 is 0 Å². The van der Waals surface area contributed by atoms with Crippen LogP contribution in [0.15, 0.2) is 47.7 Å². The molecule has 2 aromatic rings. The Balaban J connectivity index is 0.00000312. The summed E-state index contributed by atoms with van der Waals surface area (Å²) < 4.78 is 41.8. The summed E-state index contributed by atoms with van der Waals surface area (Å²) in [5.74, 6) is 0.0195. The predicted molar refractivity (Wildman–Crippen MR) is 98.7 cm³/mol. The fraction of sp³-hybridized carbons (Fsp3) is 0.333. The Bertz CT molecular complexity index is 644. The Morgan fingerprint density at radius 1 is 1.28 bits per heavy atom. The number of aliphatic imine (C=N–C) groups is 1. The molecule has 6 nitrogen and oxygen atoms in total. The fourth-order valence-electron chi connectivity index (χ4n) is 1.92. The Morgan fingerprint density at radius 2 is 2.00 bits per heavy atom. The van der Waals surface area contributed by atoms with E-state index in [1.807, 2.05) is 16.9 Å². The van der Waals surface area contributed by atoms with Crippen molar-refractivity contribution >= 4 is 29.9 Å². The summed E-state index contributed by atoms with van der Waals surface area (Å²) in [7, 11) is 0. The molecule has 0 saturated carbocycles. The monoisotopic (exact) mass is 469 g/mol. The molecule has 0 saturated heterocycles. The second-order valence-corrected chi connectivity index (χ2v) is 4.94. The first-order valence-corrected chi connectivity index (χ1v) is 7.28. The summed E-state index contributed by atoms with van der Waals surface area (Å²) in [6, 6.07) is 7.36. The average Bonchev–Trinajstić information content (AvgIpc) is 3.03. The Kier molecular flexibility index (Phi) is 8.52. The SMILES string of the molecule is I.NC(=NCc1ccc(OC(F)(F)F)cc1)NCCCn1cccn1. The van der Waals surface area contributed by atoms with E-state index in [1.165, 1.54) is 24.3 Å².